The summed E-state index contributed by atoms with van der Waals surface area (Å²) in [6, 6.07) is 11.0. The van der Waals surface area contributed by atoms with Gasteiger partial charge in [0.2, 0.25) is 0 Å². The summed E-state index contributed by atoms with van der Waals surface area (Å²) in [4.78, 5) is 12.7. The number of ether oxygens (including phenoxy) is 2. The normalized spacial score (nSPS) is 15.8. The third-order valence-corrected chi connectivity index (χ3v) is 6.86. The topological polar surface area (TPSA) is 99.8 Å². The first-order valence-corrected chi connectivity index (χ1v) is 12.1. The fraction of sp³-hybridized carbons (Fsp3) is 0.636. The standard InChI is InChI=1S/C22H33NO5S2/c1-6-29-20(30-7-2)19(28-21(26)22(3,4)5)18(17(25)16(24)13-23)27-14-15-11-9-8-10-12-15/h8-12,16-20,24-25H,6-7,14H2,1-5H3/t16-,17-,18+,19-/m1/s1. The summed E-state index contributed by atoms with van der Waals surface area (Å²) in [7, 11) is 0. The van der Waals surface area contributed by atoms with Gasteiger partial charge >= 0.3 is 5.97 Å². The number of carbonyl (C=O) groups is 1. The van der Waals surface area contributed by atoms with E-state index in [0.29, 0.717) is 0 Å². The number of hydrogen-bond acceptors (Lipinski definition) is 8. The molecule has 2 N–H and O–H groups in total. The summed E-state index contributed by atoms with van der Waals surface area (Å²) < 4.78 is 11.6. The molecule has 4 atom stereocenters. The van der Waals surface area contributed by atoms with Gasteiger partial charge in [-0.3, -0.25) is 4.79 Å². The number of rotatable bonds is 12. The molecule has 6 nitrogen and oxygen atoms in total. The van der Waals surface area contributed by atoms with E-state index < -0.39 is 35.8 Å². The van der Waals surface area contributed by atoms with Crippen molar-refractivity contribution in [2.45, 2.75) is 70.2 Å². The number of benzene rings is 1. The van der Waals surface area contributed by atoms with E-state index in [-0.39, 0.29) is 11.2 Å². The highest BCUT2D eigenvalue weighted by Crippen LogP contribution is 2.34. The minimum atomic E-state index is -1.67. The van der Waals surface area contributed by atoms with E-state index in [9.17, 15) is 15.0 Å². The Morgan fingerprint density at radius 2 is 1.67 bits per heavy atom. The molecule has 0 radical (unpaired) electrons. The second kappa shape index (κ2) is 13.2. The Bertz CT molecular complexity index is 668. The average molecular weight is 456 g/mol. The molecule has 0 saturated heterocycles. The number of nitriles is 1. The van der Waals surface area contributed by atoms with Crippen molar-refractivity contribution >= 4 is 29.5 Å². The minimum Gasteiger partial charge on any atom is -0.457 e. The van der Waals surface area contributed by atoms with Crippen molar-refractivity contribution in [1.29, 1.82) is 5.26 Å². The summed E-state index contributed by atoms with van der Waals surface area (Å²) in [5.74, 6) is 1.10. The summed E-state index contributed by atoms with van der Waals surface area (Å²) in [6.07, 6.45) is -5.13. The predicted octanol–water partition coefficient (Wildman–Crippen LogP) is 3.61. The molecular weight excluding hydrogens is 422 g/mol. The van der Waals surface area contributed by atoms with Gasteiger partial charge in [-0.25, -0.2) is 0 Å². The van der Waals surface area contributed by atoms with Gasteiger partial charge in [-0.05, 0) is 37.8 Å². The van der Waals surface area contributed by atoms with Crippen LogP contribution in [0.15, 0.2) is 30.3 Å². The number of thioether (sulfide) groups is 2. The molecule has 0 saturated carbocycles. The van der Waals surface area contributed by atoms with Gasteiger partial charge in [0.1, 0.15) is 12.2 Å². The van der Waals surface area contributed by atoms with E-state index in [0.717, 1.165) is 17.1 Å². The highest BCUT2D eigenvalue weighted by molar-refractivity contribution is 8.17. The maximum absolute atomic E-state index is 12.7. The molecule has 1 aromatic carbocycles. The van der Waals surface area contributed by atoms with Crippen LogP contribution in [0.5, 0.6) is 0 Å². The highest BCUT2D eigenvalue weighted by Gasteiger charge is 2.42. The SMILES string of the molecule is CCSC(SCC)[C@H](OC(=O)C(C)(C)C)[C@@H](OCc1ccccc1)[C@H](O)[C@H](O)C#N. The molecule has 0 spiro atoms. The van der Waals surface area contributed by atoms with Gasteiger partial charge in [0.05, 0.1) is 22.7 Å². The van der Waals surface area contributed by atoms with Crippen LogP contribution in [0.25, 0.3) is 0 Å². The van der Waals surface area contributed by atoms with Crippen molar-refractivity contribution in [2.24, 2.45) is 5.41 Å². The number of aliphatic hydroxyl groups is 2. The summed E-state index contributed by atoms with van der Waals surface area (Å²) in [5, 5.41) is 29.9. The summed E-state index contributed by atoms with van der Waals surface area (Å²) >= 11 is 3.16. The molecule has 0 fully saturated rings. The fourth-order valence-corrected chi connectivity index (χ4v) is 5.21. The third kappa shape index (κ3) is 8.48. The maximum atomic E-state index is 12.7. The Morgan fingerprint density at radius 1 is 1.10 bits per heavy atom. The average Bonchev–Trinajstić information content (AvgIpc) is 2.72. The van der Waals surface area contributed by atoms with Crippen molar-refractivity contribution < 1.29 is 24.5 Å². The number of nitrogens with zero attached hydrogens (tertiary/aromatic N) is 1. The van der Waals surface area contributed by atoms with Crippen molar-refractivity contribution in [2.75, 3.05) is 11.5 Å². The molecular formula is C22H33NO5S2. The van der Waals surface area contributed by atoms with Gasteiger partial charge in [0, 0.05) is 0 Å². The van der Waals surface area contributed by atoms with Crippen LogP contribution in [0.1, 0.15) is 40.2 Å². The number of carbonyl (C=O) groups excluding carboxylic acids is 1. The molecule has 8 heteroatoms. The largest absolute Gasteiger partial charge is 0.457 e. The number of aliphatic hydroxyl groups excluding tert-OH is 2. The zero-order chi connectivity index (χ0) is 22.7. The van der Waals surface area contributed by atoms with Crippen LogP contribution in [0.2, 0.25) is 0 Å². The van der Waals surface area contributed by atoms with E-state index >= 15 is 0 Å². The monoisotopic (exact) mass is 455 g/mol. The van der Waals surface area contributed by atoms with E-state index in [1.54, 1.807) is 50.4 Å². The van der Waals surface area contributed by atoms with Gasteiger partial charge in [0.15, 0.2) is 12.2 Å². The first-order valence-electron chi connectivity index (χ1n) is 10.0. The van der Waals surface area contributed by atoms with Gasteiger partial charge in [-0.15, -0.1) is 23.5 Å². The molecule has 0 aliphatic carbocycles. The van der Waals surface area contributed by atoms with E-state index in [4.69, 9.17) is 14.7 Å². The molecule has 0 bridgehead atoms. The second-order valence-electron chi connectivity index (χ2n) is 7.72. The zero-order valence-electron chi connectivity index (χ0n) is 18.3. The smallest absolute Gasteiger partial charge is 0.311 e. The van der Waals surface area contributed by atoms with Gasteiger partial charge < -0.3 is 19.7 Å². The van der Waals surface area contributed by atoms with Crippen LogP contribution in [0.4, 0.5) is 0 Å². The molecule has 0 amide bonds. The Labute approximate surface area is 188 Å². The maximum Gasteiger partial charge on any atom is 0.311 e. The van der Waals surface area contributed by atoms with Crippen LogP contribution in [-0.4, -0.2) is 56.7 Å². The Balaban J connectivity index is 3.28. The van der Waals surface area contributed by atoms with Crippen LogP contribution in [-0.2, 0) is 20.9 Å². The van der Waals surface area contributed by atoms with Crippen LogP contribution in [0, 0.1) is 16.7 Å². The van der Waals surface area contributed by atoms with Crippen molar-refractivity contribution in [3.05, 3.63) is 35.9 Å². The molecule has 1 aromatic rings. The first kappa shape index (κ1) is 26.8. The lowest BCUT2D eigenvalue weighted by Gasteiger charge is -2.36. The van der Waals surface area contributed by atoms with Crippen molar-refractivity contribution in [3.8, 4) is 6.07 Å². The molecule has 168 valence electrons. The van der Waals surface area contributed by atoms with Crippen molar-refractivity contribution in [3.63, 3.8) is 0 Å². The molecule has 0 heterocycles. The number of hydrogen-bond donors (Lipinski definition) is 2. The van der Waals surface area contributed by atoms with Gasteiger partial charge in [-0.1, -0.05) is 44.2 Å². The highest BCUT2D eigenvalue weighted by atomic mass is 32.2. The van der Waals surface area contributed by atoms with E-state index in [2.05, 4.69) is 0 Å². The minimum absolute atomic E-state index is 0.143. The molecule has 30 heavy (non-hydrogen) atoms. The third-order valence-electron chi connectivity index (χ3n) is 4.19. The Hall–Kier alpha value is -1.24. The molecule has 0 unspecified atom stereocenters. The fourth-order valence-electron chi connectivity index (χ4n) is 2.55. The van der Waals surface area contributed by atoms with Crippen LogP contribution >= 0.6 is 23.5 Å². The summed E-state index contributed by atoms with van der Waals surface area (Å²) in [5.41, 5.74) is 0.115. The van der Waals surface area contributed by atoms with Crippen LogP contribution in [0.3, 0.4) is 0 Å². The molecule has 0 aliphatic rings. The van der Waals surface area contributed by atoms with Crippen molar-refractivity contribution in [1.82, 2.24) is 0 Å². The number of esters is 1. The predicted molar refractivity (Wildman–Crippen MR) is 122 cm³/mol. The van der Waals surface area contributed by atoms with Crippen LogP contribution < -0.4 is 0 Å². The summed E-state index contributed by atoms with van der Waals surface area (Å²) in [6.45, 7) is 9.39. The lowest BCUT2D eigenvalue weighted by Crippen LogP contribution is -2.51. The Morgan fingerprint density at radius 3 is 2.13 bits per heavy atom. The van der Waals surface area contributed by atoms with E-state index in [1.807, 2.05) is 44.2 Å². The molecule has 0 aromatic heterocycles. The lowest BCUT2D eigenvalue weighted by atomic mass is 9.97. The quantitative estimate of drug-likeness (QED) is 0.280. The Kier molecular flexibility index (Phi) is 11.8. The first-order chi connectivity index (χ1) is 14.1. The second-order valence-corrected chi connectivity index (χ2v) is 10.9. The van der Waals surface area contributed by atoms with E-state index in [1.165, 1.54) is 0 Å². The lowest BCUT2D eigenvalue weighted by molar-refractivity contribution is -0.177. The van der Waals surface area contributed by atoms with Gasteiger partial charge in [0.25, 0.3) is 0 Å². The molecule has 0 aliphatic heterocycles. The zero-order valence-corrected chi connectivity index (χ0v) is 19.9. The molecule has 1 rings (SSSR count). The van der Waals surface area contributed by atoms with Gasteiger partial charge in [-0.2, -0.15) is 5.26 Å².